The van der Waals surface area contributed by atoms with E-state index in [1.165, 1.54) is 37.1 Å². The number of amidine groups is 1. The van der Waals surface area contributed by atoms with Crippen molar-refractivity contribution in [3.8, 4) is 0 Å². The Labute approximate surface area is 118 Å². The molecule has 2 rings (SSSR count). The first-order valence-corrected chi connectivity index (χ1v) is 8.23. The number of halogens is 1. The number of nitrogens with zero attached hydrogens (tertiary/aromatic N) is 1. The highest BCUT2D eigenvalue weighted by molar-refractivity contribution is 7.98. The van der Waals surface area contributed by atoms with Gasteiger partial charge in [0.05, 0.1) is 0 Å². The molecule has 0 aliphatic carbocycles. The fourth-order valence-corrected chi connectivity index (χ4v) is 2.95. The molecule has 0 fully saturated rings. The fourth-order valence-electron chi connectivity index (χ4n) is 2.46. The third-order valence-corrected chi connectivity index (χ3v) is 4.23. The second-order valence-electron chi connectivity index (χ2n) is 4.98. The Hall–Kier alpha value is -1.03. The molecule has 1 aliphatic rings. The number of benzene rings is 1. The minimum Gasteiger partial charge on any atom is -0.352 e. The summed E-state index contributed by atoms with van der Waals surface area (Å²) in [5.74, 6) is 1.48. The summed E-state index contributed by atoms with van der Waals surface area (Å²) in [6.07, 6.45) is 7.03. The van der Waals surface area contributed by atoms with Gasteiger partial charge in [-0.1, -0.05) is 18.9 Å². The monoisotopic (exact) mass is 280 g/mol. The van der Waals surface area contributed by atoms with Crippen LogP contribution in [0.25, 0.3) is 0 Å². The molecule has 0 radical (unpaired) electrons. The minimum atomic E-state index is -0.248. The van der Waals surface area contributed by atoms with Crippen molar-refractivity contribution in [2.75, 3.05) is 18.6 Å². The van der Waals surface area contributed by atoms with Crippen LogP contribution in [0.1, 0.15) is 36.8 Å². The summed E-state index contributed by atoms with van der Waals surface area (Å²) in [4.78, 5) is 2.05. The van der Waals surface area contributed by atoms with Crippen molar-refractivity contribution in [2.45, 2.75) is 32.2 Å². The Kier molecular flexibility index (Phi) is 5.25. The molecule has 0 spiro atoms. The van der Waals surface area contributed by atoms with Crippen molar-refractivity contribution in [1.29, 1.82) is 5.41 Å². The average Bonchev–Trinajstić information content (AvgIpc) is 2.71. The lowest BCUT2D eigenvalue weighted by Gasteiger charge is -2.17. The molecular formula is C15H21FN2S. The highest BCUT2D eigenvalue weighted by atomic mass is 32.2. The summed E-state index contributed by atoms with van der Waals surface area (Å²) < 4.78 is 13.2. The average molecular weight is 280 g/mol. The predicted molar refractivity (Wildman–Crippen MR) is 80.5 cm³/mol. The zero-order valence-corrected chi connectivity index (χ0v) is 12.2. The molecule has 0 aromatic heterocycles. The van der Waals surface area contributed by atoms with Crippen molar-refractivity contribution in [1.82, 2.24) is 4.90 Å². The van der Waals surface area contributed by atoms with Crippen LogP contribution in [0.5, 0.6) is 0 Å². The van der Waals surface area contributed by atoms with E-state index >= 15 is 0 Å². The first-order valence-electron chi connectivity index (χ1n) is 6.83. The van der Waals surface area contributed by atoms with Crippen molar-refractivity contribution >= 4 is 17.6 Å². The maximum atomic E-state index is 13.2. The Morgan fingerprint density at radius 3 is 2.84 bits per heavy atom. The number of fused-ring (bicyclic) bond motifs is 1. The number of nitrogens with one attached hydrogen (secondary N) is 1. The van der Waals surface area contributed by atoms with Gasteiger partial charge in [-0.3, -0.25) is 5.41 Å². The molecule has 0 saturated carbocycles. The van der Waals surface area contributed by atoms with Crippen LogP contribution in [0, 0.1) is 11.2 Å². The standard InChI is InChI=1S/C15H21FN2S/c1-19-9-5-3-2-4-8-18-11-12-6-7-13(16)10-14(12)15(18)17/h6-7,10,17H,2-5,8-9,11H2,1H3. The molecule has 0 unspecified atom stereocenters. The van der Waals surface area contributed by atoms with Gasteiger partial charge in [-0.05, 0) is 42.5 Å². The van der Waals surface area contributed by atoms with Gasteiger partial charge in [-0.2, -0.15) is 11.8 Å². The van der Waals surface area contributed by atoms with Gasteiger partial charge in [-0.15, -0.1) is 0 Å². The number of unbranched alkanes of at least 4 members (excludes halogenated alkanes) is 3. The van der Waals surface area contributed by atoms with Crippen LogP contribution >= 0.6 is 11.8 Å². The molecular weight excluding hydrogens is 259 g/mol. The van der Waals surface area contributed by atoms with E-state index in [1.807, 2.05) is 11.8 Å². The largest absolute Gasteiger partial charge is 0.352 e. The van der Waals surface area contributed by atoms with Gasteiger partial charge in [0.25, 0.3) is 0 Å². The van der Waals surface area contributed by atoms with Gasteiger partial charge in [0.2, 0.25) is 0 Å². The Bertz CT molecular complexity index is 448. The minimum absolute atomic E-state index is 0.248. The third-order valence-electron chi connectivity index (χ3n) is 3.53. The topological polar surface area (TPSA) is 27.1 Å². The van der Waals surface area contributed by atoms with Crippen molar-refractivity contribution in [2.24, 2.45) is 0 Å². The van der Waals surface area contributed by atoms with Gasteiger partial charge in [0.1, 0.15) is 11.7 Å². The summed E-state index contributed by atoms with van der Waals surface area (Å²) in [6.45, 7) is 1.67. The predicted octanol–water partition coefficient (Wildman–Crippen LogP) is 3.89. The number of thioether (sulfide) groups is 1. The Balaban J connectivity index is 1.77. The second-order valence-corrected chi connectivity index (χ2v) is 5.96. The summed E-state index contributed by atoms with van der Waals surface area (Å²) in [5, 5.41) is 8.09. The normalized spacial score (nSPS) is 14.0. The zero-order valence-electron chi connectivity index (χ0n) is 11.4. The molecule has 1 aromatic rings. The molecule has 1 N–H and O–H groups in total. The van der Waals surface area contributed by atoms with Gasteiger partial charge in [0.15, 0.2) is 0 Å². The number of hydrogen-bond acceptors (Lipinski definition) is 2. The number of rotatable bonds is 7. The molecule has 0 amide bonds. The quantitative estimate of drug-likeness (QED) is 0.767. The van der Waals surface area contributed by atoms with E-state index in [0.29, 0.717) is 5.84 Å². The Morgan fingerprint density at radius 1 is 1.26 bits per heavy atom. The van der Waals surface area contributed by atoms with Crippen molar-refractivity contribution in [3.63, 3.8) is 0 Å². The van der Waals surface area contributed by atoms with Crippen LogP contribution in [-0.2, 0) is 6.54 Å². The van der Waals surface area contributed by atoms with Crippen molar-refractivity contribution in [3.05, 3.63) is 35.1 Å². The number of hydrogen-bond donors (Lipinski definition) is 1. The third kappa shape index (κ3) is 3.72. The molecule has 0 atom stereocenters. The smallest absolute Gasteiger partial charge is 0.128 e. The molecule has 104 valence electrons. The van der Waals surface area contributed by atoms with Crippen LogP contribution in [-0.4, -0.2) is 29.3 Å². The zero-order chi connectivity index (χ0) is 13.7. The van der Waals surface area contributed by atoms with E-state index in [-0.39, 0.29) is 5.82 Å². The highest BCUT2D eigenvalue weighted by Crippen LogP contribution is 2.23. The molecule has 2 nitrogen and oxygen atoms in total. The van der Waals surface area contributed by atoms with Crippen LogP contribution < -0.4 is 0 Å². The lowest BCUT2D eigenvalue weighted by Crippen LogP contribution is -2.25. The summed E-state index contributed by atoms with van der Waals surface area (Å²) >= 11 is 1.90. The van der Waals surface area contributed by atoms with E-state index in [9.17, 15) is 4.39 Å². The van der Waals surface area contributed by atoms with Gasteiger partial charge in [0, 0.05) is 18.7 Å². The molecule has 1 aliphatic heterocycles. The van der Waals surface area contributed by atoms with Gasteiger partial charge < -0.3 is 4.90 Å². The summed E-state index contributed by atoms with van der Waals surface area (Å²) in [7, 11) is 0. The van der Waals surface area contributed by atoms with E-state index in [4.69, 9.17) is 5.41 Å². The van der Waals surface area contributed by atoms with Gasteiger partial charge in [-0.25, -0.2) is 4.39 Å². The molecule has 1 heterocycles. The lowest BCUT2D eigenvalue weighted by molar-refractivity contribution is 0.409. The highest BCUT2D eigenvalue weighted by Gasteiger charge is 2.23. The SMILES string of the molecule is CSCCCCCCN1Cc2ccc(F)cc2C1=N. The van der Waals surface area contributed by atoms with Crippen LogP contribution in [0.4, 0.5) is 4.39 Å². The maximum absolute atomic E-state index is 13.2. The molecule has 1 aromatic carbocycles. The molecule has 0 bridgehead atoms. The Morgan fingerprint density at radius 2 is 2.05 bits per heavy atom. The maximum Gasteiger partial charge on any atom is 0.128 e. The molecule has 0 saturated heterocycles. The van der Waals surface area contributed by atoms with Crippen LogP contribution in [0.15, 0.2) is 18.2 Å². The summed E-state index contributed by atoms with van der Waals surface area (Å²) in [6, 6.07) is 4.77. The second kappa shape index (κ2) is 6.94. The molecule has 19 heavy (non-hydrogen) atoms. The first kappa shape index (κ1) is 14.4. The molecule has 4 heteroatoms. The summed E-state index contributed by atoms with van der Waals surface area (Å²) in [5.41, 5.74) is 1.84. The van der Waals surface area contributed by atoms with E-state index in [1.54, 1.807) is 6.07 Å². The first-order chi connectivity index (χ1) is 9.22. The van der Waals surface area contributed by atoms with Crippen molar-refractivity contribution < 1.29 is 4.39 Å². The van der Waals surface area contributed by atoms with E-state index in [0.717, 1.165) is 30.6 Å². The van der Waals surface area contributed by atoms with E-state index < -0.39 is 0 Å². The lowest BCUT2D eigenvalue weighted by atomic mass is 10.1. The van der Waals surface area contributed by atoms with Crippen LogP contribution in [0.3, 0.4) is 0 Å². The van der Waals surface area contributed by atoms with Gasteiger partial charge >= 0.3 is 0 Å². The van der Waals surface area contributed by atoms with E-state index in [2.05, 4.69) is 11.2 Å². The fraction of sp³-hybridized carbons (Fsp3) is 0.533. The van der Waals surface area contributed by atoms with Crippen LogP contribution in [0.2, 0.25) is 0 Å².